The van der Waals surface area contributed by atoms with E-state index < -0.39 is 23.4 Å². The fourth-order valence-corrected chi connectivity index (χ4v) is 2.08. The molecular weight excluding hydrogens is 336 g/mol. The van der Waals surface area contributed by atoms with Crippen molar-refractivity contribution in [2.24, 2.45) is 0 Å². The highest BCUT2D eigenvalue weighted by atomic mass is 35.5. The van der Waals surface area contributed by atoms with Gasteiger partial charge in [0, 0.05) is 17.8 Å². The predicted molar refractivity (Wildman–Crippen MR) is 88.2 cm³/mol. The first-order chi connectivity index (χ1) is 11.4. The first kappa shape index (κ1) is 17.4. The number of ether oxygens (including phenoxy) is 1. The number of hydrogen-bond acceptors (Lipinski definition) is 5. The maximum absolute atomic E-state index is 11.9. The SMILES string of the molecule is Cc1ccc(NC(=O)COC(=O)c2ccc([N+](=O)[O-])cc2Cl)cc1. The van der Waals surface area contributed by atoms with Gasteiger partial charge in [-0.15, -0.1) is 0 Å². The first-order valence-corrected chi connectivity index (χ1v) is 7.22. The quantitative estimate of drug-likeness (QED) is 0.507. The molecule has 7 nitrogen and oxygen atoms in total. The monoisotopic (exact) mass is 348 g/mol. The lowest BCUT2D eigenvalue weighted by atomic mass is 10.2. The van der Waals surface area contributed by atoms with Gasteiger partial charge < -0.3 is 10.1 Å². The highest BCUT2D eigenvalue weighted by molar-refractivity contribution is 6.33. The molecule has 0 spiro atoms. The molecule has 8 heteroatoms. The van der Waals surface area contributed by atoms with E-state index in [1.54, 1.807) is 12.1 Å². The first-order valence-electron chi connectivity index (χ1n) is 6.84. The molecule has 124 valence electrons. The number of nitrogens with zero attached hydrogens (tertiary/aromatic N) is 1. The number of rotatable bonds is 5. The van der Waals surface area contributed by atoms with Crippen LogP contribution >= 0.6 is 11.6 Å². The summed E-state index contributed by atoms with van der Waals surface area (Å²) < 4.78 is 4.86. The molecule has 0 bridgehead atoms. The number of nitrogens with one attached hydrogen (secondary N) is 1. The molecule has 24 heavy (non-hydrogen) atoms. The van der Waals surface area contributed by atoms with Crippen LogP contribution in [0.5, 0.6) is 0 Å². The van der Waals surface area contributed by atoms with Gasteiger partial charge in [-0.3, -0.25) is 14.9 Å². The third kappa shape index (κ3) is 4.53. The standard InChI is InChI=1S/C16H13ClN2O5/c1-10-2-4-11(5-3-10)18-15(20)9-24-16(21)13-7-6-12(19(22)23)8-14(13)17/h2-8H,9H2,1H3,(H,18,20). The maximum Gasteiger partial charge on any atom is 0.340 e. The third-order valence-corrected chi connectivity index (χ3v) is 3.37. The number of nitro groups is 1. The molecule has 2 aromatic carbocycles. The summed E-state index contributed by atoms with van der Waals surface area (Å²) in [6, 6.07) is 10.5. The van der Waals surface area contributed by atoms with Crippen LogP contribution in [0.1, 0.15) is 15.9 Å². The summed E-state index contributed by atoms with van der Waals surface area (Å²) in [6.07, 6.45) is 0. The zero-order valence-electron chi connectivity index (χ0n) is 12.6. The summed E-state index contributed by atoms with van der Waals surface area (Å²) in [5, 5.41) is 13.1. The summed E-state index contributed by atoms with van der Waals surface area (Å²) in [7, 11) is 0. The zero-order chi connectivity index (χ0) is 17.7. The Morgan fingerprint density at radius 1 is 1.21 bits per heavy atom. The summed E-state index contributed by atoms with van der Waals surface area (Å²) >= 11 is 5.82. The minimum absolute atomic E-state index is 0.0506. The molecule has 0 fully saturated rings. The van der Waals surface area contributed by atoms with Crippen molar-refractivity contribution in [2.45, 2.75) is 6.92 Å². The van der Waals surface area contributed by atoms with Crippen LogP contribution in [0, 0.1) is 17.0 Å². The van der Waals surface area contributed by atoms with Crippen LogP contribution in [0.4, 0.5) is 11.4 Å². The number of anilines is 1. The summed E-state index contributed by atoms with van der Waals surface area (Å²) in [6.45, 7) is 1.42. The summed E-state index contributed by atoms with van der Waals surface area (Å²) in [4.78, 5) is 33.6. The second-order valence-electron chi connectivity index (χ2n) is 4.91. The average Bonchev–Trinajstić information content (AvgIpc) is 2.54. The highest BCUT2D eigenvalue weighted by Gasteiger charge is 2.17. The number of hydrogen-bond donors (Lipinski definition) is 1. The lowest BCUT2D eigenvalue weighted by molar-refractivity contribution is -0.384. The van der Waals surface area contributed by atoms with Gasteiger partial charge in [-0.2, -0.15) is 0 Å². The number of amides is 1. The molecule has 1 amide bonds. The number of nitro benzene ring substituents is 1. The minimum atomic E-state index is -0.839. The molecule has 0 radical (unpaired) electrons. The van der Waals surface area contributed by atoms with Gasteiger partial charge in [-0.05, 0) is 25.1 Å². The zero-order valence-corrected chi connectivity index (χ0v) is 13.4. The Labute approximate surface area is 142 Å². The van der Waals surface area contributed by atoms with Gasteiger partial charge >= 0.3 is 5.97 Å². The van der Waals surface area contributed by atoms with Gasteiger partial charge in [0.05, 0.1) is 15.5 Å². The van der Waals surface area contributed by atoms with E-state index in [-0.39, 0.29) is 16.3 Å². The Morgan fingerprint density at radius 2 is 1.88 bits per heavy atom. The number of carbonyl (C=O) groups excluding carboxylic acids is 2. The summed E-state index contributed by atoms with van der Waals surface area (Å²) in [5.41, 5.74) is 1.33. The van der Waals surface area contributed by atoms with Crippen molar-refractivity contribution in [1.29, 1.82) is 0 Å². The van der Waals surface area contributed by atoms with Crippen molar-refractivity contribution in [1.82, 2.24) is 0 Å². The number of benzene rings is 2. The molecule has 0 aliphatic heterocycles. The third-order valence-electron chi connectivity index (χ3n) is 3.05. The van der Waals surface area contributed by atoms with Crippen molar-refractivity contribution >= 4 is 34.9 Å². The van der Waals surface area contributed by atoms with Crippen LogP contribution in [-0.2, 0) is 9.53 Å². The van der Waals surface area contributed by atoms with Gasteiger partial charge in [0.1, 0.15) is 0 Å². The van der Waals surface area contributed by atoms with Gasteiger partial charge in [0.25, 0.3) is 11.6 Å². The molecule has 1 N–H and O–H groups in total. The Hall–Kier alpha value is -2.93. The Morgan fingerprint density at radius 3 is 2.46 bits per heavy atom. The van der Waals surface area contributed by atoms with Crippen molar-refractivity contribution in [2.75, 3.05) is 11.9 Å². The largest absolute Gasteiger partial charge is 0.452 e. The normalized spacial score (nSPS) is 10.1. The van der Waals surface area contributed by atoms with Crippen LogP contribution in [0.2, 0.25) is 5.02 Å². The number of aryl methyl sites for hydroxylation is 1. The van der Waals surface area contributed by atoms with E-state index in [9.17, 15) is 19.7 Å². The van der Waals surface area contributed by atoms with Crippen LogP contribution < -0.4 is 5.32 Å². The average molecular weight is 349 g/mol. The van der Waals surface area contributed by atoms with Crippen molar-refractivity contribution in [3.05, 3.63) is 68.7 Å². The lowest BCUT2D eigenvalue weighted by Crippen LogP contribution is -2.21. The topological polar surface area (TPSA) is 98.5 Å². The minimum Gasteiger partial charge on any atom is -0.452 e. The van der Waals surface area contributed by atoms with Gasteiger partial charge in [-0.1, -0.05) is 29.3 Å². The fourth-order valence-electron chi connectivity index (χ4n) is 1.83. The highest BCUT2D eigenvalue weighted by Crippen LogP contribution is 2.23. The Kier molecular flexibility index (Phi) is 5.49. The fraction of sp³-hybridized carbons (Fsp3) is 0.125. The van der Waals surface area contributed by atoms with Crippen molar-refractivity contribution < 1.29 is 19.2 Å². The van der Waals surface area contributed by atoms with Gasteiger partial charge in [0.2, 0.25) is 0 Å². The van der Waals surface area contributed by atoms with E-state index in [1.165, 1.54) is 6.07 Å². The van der Waals surface area contributed by atoms with Crippen molar-refractivity contribution in [3.8, 4) is 0 Å². The van der Waals surface area contributed by atoms with E-state index in [2.05, 4.69) is 5.32 Å². The van der Waals surface area contributed by atoms with E-state index in [0.717, 1.165) is 17.7 Å². The number of non-ortho nitro benzene ring substituents is 1. The van der Waals surface area contributed by atoms with Gasteiger partial charge in [0.15, 0.2) is 6.61 Å². The number of halogens is 1. The lowest BCUT2D eigenvalue weighted by Gasteiger charge is -2.07. The molecular formula is C16H13ClN2O5. The molecule has 0 aliphatic rings. The van der Waals surface area contributed by atoms with E-state index in [1.807, 2.05) is 19.1 Å². The van der Waals surface area contributed by atoms with E-state index in [0.29, 0.717) is 5.69 Å². The molecule has 0 atom stereocenters. The van der Waals surface area contributed by atoms with Crippen LogP contribution in [0.3, 0.4) is 0 Å². The Bertz CT molecular complexity index is 790. The molecule has 0 heterocycles. The molecule has 2 rings (SSSR count). The number of carbonyl (C=O) groups is 2. The predicted octanol–water partition coefficient (Wildman–Crippen LogP) is 3.35. The smallest absolute Gasteiger partial charge is 0.340 e. The summed E-state index contributed by atoms with van der Waals surface area (Å²) in [5.74, 6) is -1.35. The molecule has 0 aromatic heterocycles. The molecule has 0 unspecified atom stereocenters. The molecule has 2 aromatic rings. The molecule has 0 saturated heterocycles. The second kappa shape index (κ2) is 7.56. The van der Waals surface area contributed by atoms with Crippen LogP contribution in [-0.4, -0.2) is 23.4 Å². The maximum atomic E-state index is 11.9. The number of esters is 1. The molecule has 0 saturated carbocycles. The van der Waals surface area contributed by atoms with Crippen LogP contribution in [0.15, 0.2) is 42.5 Å². The van der Waals surface area contributed by atoms with Gasteiger partial charge in [-0.25, -0.2) is 4.79 Å². The van der Waals surface area contributed by atoms with E-state index >= 15 is 0 Å². The van der Waals surface area contributed by atoms with Crippen molar-refractivity contribution in [3.63, 3.8) is 0 Å². The Balaban J connectivity index is 1.94. The van der Waals surface area contributed by atoms with Crippen LogP contribution in [0.25, 0.3) is 0 Å². The molecule has 0 aliphatic carbocycles. The second-order valence-corrected chi connectivity index (χ2v) is 5.32. The van der Waals surface area contributed by atoms with E-state index in [4.69, 9.17) is 16.3 Å².